The highest BCUT2D eigenvalue weighted by atomic mass is 32.2. The van der Waals surface area contributed by atoms with Gasteiger partial charge in [0.15, 0.2) is 0 Å². The molecule has 0 aromatic heterocycles. The van der Waals surface area contributed by atoms with Crippen molar-refractivity contribution in [1.82, 2.24) is 0 Å². The molecule has 0 aliphatic rings. The van der Waals surface area contributed by atoms with Crippen LogP contribution in [0.5, 0.6) is 0 Å². The first-order valence-electron chi connectivity index (χ1n) is 6.58. The molecule has 108 valence electrons. The Morgan fingerprint density at radius 1 is 0.762 bits per heavy atom. The molecule has 0 aliphatic heterocycles. The molecule has 0 N–H and O–H groups in total. The quantitative estimate of drug-likeness (QED) is 0.527. The standard InChI is InChI=1S/C18H18S3/c1-5-19-17-9-7-15(11-13(17)3)21-16-8-10-18(20-6-2)14(4)12-16/h5-12H,1-2H2,3-4H3. The van der Waals surface area contributed by atoms with Crippen LogP contribution >= 0.6 is 35.3 Å². The van der Waals surface area contributed by atoms with Crippen LogP contribution in [-0.2, 0) is 0 Å². The number of rotatable bonds is 6. The fourth-order valence-corrected chi connectivity index (χ4v) is 4.11. The van der Waals surface area contributed by atoms with Crippen molar-refractivity contribution in [2.75, 3.05) is 0 Å². The molecule has 0 saturated heterocycles. The Hall–Kier alpha value is -1.03. The molecule has 0 bridgehead atoms. The van der Waals surface area contributed by atoms with Gasteiger partial charge in [-0.1, -0.05) is 48.4 Å². The molecule has 0 nitrogen and oxygen atoms in total. The molecule has 2 aromatic rings. The maximum absolute atomic E-state index is 3.77. The van der Waals surface area contributed by atoms with Gasteiger partial charge in [0.05, 0.1) is 0 Å². The molecule has 0 heterocycles. The van der Waals surface area contributed by atoms with Crippen LogP contribution in [0.1, 0.15) is 11.1 Å². The number of hydrogen-bond acceptors (Lipinski definition) is 3. The van der Waals surface area contributed by atoms with Gasteiger partial charge in [-0.2, -0.15) is 0 Å². The maximum Gasteiger partial charge on any atom is 0.0146 e. The van der Waals surface area contributed by atoms with Gasteiger partial charge in [-0.15, -0.1) is 0 Å². The summed E-state index contributed by atoms with van der Waals surface area (Å²) < 4.78 is 0. The second-order valence-corrected chi connectivity index (χ2v) is 7.69. The molecule has 2 aromatic carbocycles. The van der Waals surface area contributed by atoms with Gasteiger partial charge < -0.3 is 0 Å². The van der Waals surface area contributed by atoms with Crippen LogP contribution in [0, 0.1) is 13.8 Å². The summed E-state index contributed by atoms with van der Waals surface area (Å²) in [4.78, 5) is 5.07. The van der Waals surface area contributed by atoms with Crippen LogP contribution in [0.2, 0.25) is 0 Å². The van der Waals surface area contributed by atoms with Gasteiger partial charge in [0, 0.05) is 19.6 Å². The van der Waals surface area contributed by atoms with Crippen LogP contribution in [0.3, 0.4) is 0 Å². The highest BCUT2D eigenvalue weighted by Gasteiger charge is 2.04. The molecule has 0 unspecified atom stereocenters. The van der Waals surface area contributed by atoms with Crippen molar-refractivity contribution in [1.29, 1.82) is 0 Å². The van der Waals surface area contributed by atoms with E-state index in [0.29, 0.717) is 0 Å². The van der Waals surface area contributed by atoms with Crippen molar-refractivity contribution >= 4 is 35.3 Å². The molecule has 0 radical (unpaired) electrons. The van der Waals surface area contributed by atoms with Gasteiger partial charge in [0.2, 0.25) is 0 Å². The van der Waals surface area contributed by atoms with Crippen LogP contribution in [-0.4, -0.2) is 0 Å². The lowest BCUT2D eigenvalue weighted by molar-refractivity contribution is 1.22. The largest absolute Gasteiger partial charge is 0.0984 e. The first kappa shape index (κ1) is 16.3. The Balaban J connectivity index is 2.18. The first-order valence-corrected chi connectivity index (χ1v) is 9.16. The Bertz CT molecular complexity index is 602. The third kappa shape index (κ3) is 4.47. The monoisotopic (exact) mass is 330 g/mol. The summed E-state index contributed by atoms with van der Waals surface area (Å²) in [5.74, 6) is 0. The number of aryl methyl sites for hydroxylation is 2. The molecule has 3 heteroatoms. The topological polar surface area (TPSA) is 0 Å². The van der Waals surface area contributed by atoms with E-state index in [0.717, 1.165) is 0 Å². The Morgan fingerprint density at radius 2 is 1.19 bits per heavy atom. The molecule has 21 heavy (non-hydrogen) atoms. The third-order valence-corrected chi connectivity index (χ3v) is 5.69. The van der Waals surface area contributed by atoms with E-state index in [1.54, 1.807) is 35.3 Å². The minimum absolute atomic E-state index is 1.27. The van der Waals surface area contributed by atoms with E-state index in [9.17, 15) is 0 Å². The van der Waals surface area contributed by atoms with Crippen LogP contribution in [0.4, 0.5) is 0 Å². The first-order chi connectivity index (χ1) is 10.1. The highest BCUT2D eigenvalue weighted by Crippen LogP contribution is 2.34. The minimum atomic E-state index is 1.27. The predicted octanol–water partition coefficient (Wildman–Crippen LogP) is 6.93. The van der Waals surface area contributed by atoms with Crippen LogP contribution < -0.4 is 0 Å². The van der Waals surface area contributed by atoms with E-state index in [2.05, 4.69) is 63.4 Å². The average Bonchev–Trinajstić information content (AvgIpc) is 2.45. The summed E-state index contributed by atoms with van der Waals surface area (Å²) >= 11 is 5.14. The lowest BCUT2D eigenvalue weighted by atomic mass is 10.2. The Labute approximate surface area is 140 Å². The van der Waals surface area contributed by atoms with Crippen molar-refractivity contribution < 1.29 is 0 Å². The summed E-state index contributed by atoms with van der Waals surface area (Å²) in [6.45, 7) is 11.8. The summed E-state index contributed by atoms with van der Waals surface area (Å²) in [6, 6.07) is 13.1. The van der Waals surface area contributed by atoms with Gasteiger partial charge >= 0.3 is 0 Å². The van der Waals surface area contributed by atoms with E-state index in [4.69, 9.17) is 0 Å². The van der Waals surface area contributed by atoms with Gasteiger partial charge in [-0.05, 0) is 72.2 Å². The zero-order valence-electron chi connectivity index (χ0n) is 12.3. The Morgan fingerprint density at radius 3 is 1.52 bits per heavy atom. The second-order valence-electron chi connectivity index (χ2n) is 4.53. The zero-order chi connectivity index (χ0) is 15.2. The number of hydrogen-bond donors (Lipinski definition) is 0. The van der Waals surface area contributed by atoms with Crippen molar-refractivity contribution in [2.45, 2.75) is 33.4 Å². The van der Waals surface area contributed by atoms with Crippen molar-refractivity contribution in [3.05, 3.63) is 71.5 Å². The summed E-state index contributed by atoms with van der Waals surface area (Å²) in [6.07, 6.45) is 0. The SMILES string of the molecule is C=CSc1ccc(Sc2ccc(SC=C)c(C)c2)cc1C. The molecule has 0 fully saturated rings. The molecule has 0 atom stereocenters. The number of thioether (sulfide) groups is 2. The summed E-state index contributed by atoms with van der Waals surface area (Å²) in [5.41, 5.74) is 2.58. The average molecular weight is 331 g/mol. The molecule has 0 amide bonds. The predicted molar refractivity (Wildman–Crippen MR) is 98.6 cm³/mol. The lowest BCUT2D eigenvalue weighted by Gasteiger charge is -2.08. The van der Waals surface area contributed by atoms with E-state index in [-0.39, 0.29) is 0 Å². The lowest BCUT2D eigenvalue weighted by Crippen LogP contribution is -1.82. The molecule has 0 saturated carbocycles. The minimum Gasteiger partial charge on any atom is -0.0984 e. The number of benzene rings is 2. The van der Waals surface area contributed by atoms with Crippen molar-refractivity contribution in [3.63, 3.8) is 0 Å². The molecular weight excluding hydrogens is 312 g/mol. The molecule has 2 rings (SSSR count). The second kappa shape index (κ2) is 7.83. The molecule has 0 spiro atoms. The van der Waals surface area contributed by atoms with Crippen LogP contribution in [0.25, 0.3) is 0 Å². The van der Waals surface area contributed by atoms with Crippen molar-refractivity contribution in [3.8, 4) is 0 Å². The fraction of sp³-hybridized carbons (Fsp3) is 0.111. The Kier molecular flexibility index (Phi) is 6.09. The fourth-order valence-electron chi connectivity index (χ4n) is 1.95. The van der Waals surface area contributed by atoms with Gasteiger partial charge in [-0.3, -0.25) is 0 Å². The normalized spacial score (nSPS) is 10.4. The third-order valence-electron chi connectivity index (χ3n) is 2.95. The van der Waals surface area contributed by atoms with Crippen LogP contribution in [0.15, 0.2) is 80.0 Å². The van der Waals surface area contributed by atoms with Gasteiger partial charge in [-0.25, -0.2) is 0 Å². The van der Waals surface area contributed by atoms with E-state index in [1.807, 2.05) is 10.8 Å². The molecular formula is C18H18S3. The van der Waals surface area contributed by atoms with Crippen molar-refractivity contribution in [2.24, 2.45) is 0 Å². The van der Waals surface area contributed by atoms with Gasteiger partial charge in [0.1, 0.15) is 0 Å². The summed E-state index contributed by atoms with van der Waals surface area (Å²) in [7, 11) is 0. The van der Waals surface area contributed by atoms with E-state index < -0.39 is 0 Å². The van der Waals surface area contributed by atoms with Gasteiger partial charge in [0.25, 0.3) is 0 Å². The molecule has 0 aliphatic carbocycles. The highest BCUT2D eigenvalue weighted by molar-refractivity contribution is 8.02. The zero-order valence-corrected chi connectivity index (χ0v) is 14.7. The van der Waals surface area contributed by atoms with E-state index >= 15 is 0 Å². The van der Waals surface area contributed by atoms with E-state index in [1.165, 1.54) is 30.7 Å². The smallest absolute Gasteiger partial charge is 0.0146 e. The summed E-state index contributed by atoms with van der Waals surface area (Å²) in [5, 5.41) is 3.74. The maximum atomic E-state index is 3.77.